The molecule has 1 aromatic rings. The van der Waals surface area contributed by atoms with Crippen LogP contribution in [0.15, 0.2) is 17.4 Å². The molecular weight excluding hydrogens is 304 g/mol. The van der Waals surface area contributed by atoms with Gasteiger partial charge in [-0.05, 0) is 6.92 Å². The van der Waals surface area contributed by atoms with Crippen LogP contribution in [-0.2, 0) is 9.53 Å². The summed E-state index contributed by atoms with van der Waals surface area (Å²) in [5, 5.41) is 10.3. The fourth-order valence-corrected chi connectivity index (χ4v) is 2.52. The van der Waals surface area contributed by atoms with Crippen LogP contribution in [0.25, 0.3) is 0 Å². The van der Waals surface area contributed by atoms with Gasteiger partial charge in [0.1, 0.15) is 11.5 Å². The molecule has 0 saturated carbocycles. The number of benzene rings is 1. The second-order valence-corrected chi connectivity index (χ2v) is 4.93. The molecule has 0 amide bonds. The van der Waals surface area contributed by atoms with Crippen molar-refractivity contribution < 1.29 is 33.7 Å². The Morgan fingerprint density at radius 2 is 1.61 bits per heavy atom. The number of carbonyl (C=O) groups excluding carboxylic acids is 3. The van der Waals surface area contributed by atoms with Gasteiger partial charge in [0.15, 0.2) is 23.0 Å². The molecule has 1 aliphatic rings. The third kappa shape index (κ3) is 2.54. The van der Waals surface area contributed by atoms with Crippen molar-refractivity contribution in [3.63, 3.8) is 0 Å². The fourth-order valence-electron chi connectivity index (χ4n) is 2.52. The van der Waals surface area contributed by atoms with E-state index in [2.05, 4.69) is 0 Å². The Hall–Kier alpha value is -2.83. The monoisotopic (exact) mass is 320 g/mol. The van der Waals surface area contributed by atoms with Crippen LogP contribution in [0.3, 0.4) is 0 Å². The molecule has 1 aliphatic carbocycles. The number of fused-ring (bicyclic) bond motifs is 1. The van der Waals surface area contributed by atoms with Gasteiger partial charge in [0.05, 0.1) is 38.0 Å². The third-order valence-corrected chi connectivity index (χ3v) is 3.51. The zero-order valence-corrected chi connectivity index (χ0v) is 13.2. The molecule has 2 rings (SSSR count). The summed E-state index contributed by atoms with van der Waals surface area (Å²) < 4.78 is 15.2. The lowest BCUT2D eigenvalue weighted by Gasteiger charge is -2.23. The number of methoxy groups -OCH3 is 3. The van der Waals surface area contributed by atoms with E-state index in [-0.39, 0.29) is 46.2 Å². The Labute approximate surface area is 132 Å². The molecule has 0 aliphatic heterocycles. The number of hydrogen-bond donors (Lipinski definition) is 1. The maximum atomic E-state index is 12.7. The van der Waals surface area contributed by atoms with Gasteiger partial charge in [0.2, 0.25) is 5.78 Å². The predicted molar refractivity (Wildman–Crippen MR) is 79.2 cm³/mol. The topological polar surface area (TPSA) is 99.1 Å². The lowest BCUT2D eigenvalue weighted by Crippen LogP contribution is -2.25. The maximum absolute atomic E-state index is 12.7. The number of hydrogen-bond acceptors (Lipinski definition) is 7. The zero-order chi connectivity index (χ0) is 17.3. The Balaban J connectivity index is 2.81. The van der Waals surface area contributed by atoms with Gasteiger partial charge in [-0.15, -0.1) is 0 Å². The molecule has 122 valence electrons. The van der Waals surface area contributed by atoms with Crippen molar-refractivity contribution >= 4 is 17.3 Å². The van der Waals surface area contributed by atoms with Crippen molar-refractivity contribution in [2.45, 2.75) is 13.3 Å². The Morgan fingerprint density at radius 3 is 2.09 bits per heavy atom. The number of Topliss-reactive ketones (excluding diaryl/α,β-unsaturated/α-hetero) is 3. The van der Waals surface area contributed by atoms with E-state index in [1.807, 2.05) is 0 Å². The first kappa shape index (κ1) is 16.5. The summed E-state index contributed by atoms with van der Waals surface area (Å²) >= 11 is 0. The van der Waals surface area contributed by atoms with Gasteiger partial charge >= 0.3 is 0 Å². The van der Waals surface area contributed by atoms with Crippen LogP contribution in [0, 0.1) is 0 Å². The van der Waals surface area contributed by atoms with Crippen molar-refractivity contribution in [2.75, 3.05) is 21.3 Å². The van der Waals surface area contributed by atoms with Gasteiger partial charge in [-0.1, -0.05) is 0 Å². The molecule has 0 unspecified atom stereocenters. The largest absolute Gasteiger partial charge is 0.504 e. The molecule has 1 aromatic carbocycles. The molecule has 0 heterocycles. The average Bonchev–Trinajstić information content (AvgIpc) is 2.51. The minimum absolute atomic E-state index is 0.00945. The Bertz CT molecular complexity index is 743. The second-order valence-electron chi connectivity index (χ2n) is 4.93. The molecule has 0 bridgehead atoms. The summed E-state index contributed by atoms with van der Waals surface area (Å²) in [6, 6.07) is 1.31. The number of carbonyl (C=O) groups is 3. The highest BCUT2D eigenvalue weighted by atomic mass is 16.5. The summed E-state index contributed by atoms with van der Waals surface area (Å²) in [4.78, 5) is 36.8. The summed E-state index contributed by atoms with van der Waals surface area (Å²) in [6.45, 7) is 1.29. The smallest absolute Gasteiger partial charge is 0.232 e. The van der Waals surface area contributed by atoms with E-state index in [0.717, 1.165) is 0 Å². The molecule has 0 saturated heterocycles. The number of phenols is 1. The molecule has 0 fully saturated rings. The SMILES string of the molecule is COC1=C(CC(C)=O)C(=O)c2c(O)c(OC)cc(OC)c2C1=O. The number of rotatable bonds is 5. The highest BCUT2D eigenvalue weighted by Gasteiger charge is 2.39. The van der Waals surface area contributed by atoms with Crippen LogP contribution in [-0.4, -0.2) is 43.8 Å². The van der Waals surface area contributed by atoms with E-state index >= 15 is 0 Å². The number of allylic oxidation sites excluding steroid dienone is 2. The maximum Gasteiger partial charge on any atom is 0.232 e. The molecule has 0 aromatic heterocycles. The van der Waals surface area contributed by atoms with Crippen molar-refractivity contribution in [1.82, 2.24) is 0 Å². The number of phenolic OH excluding ortho intramolecular Hbond substituents is 1. The normalized spacial score (nSPS) is 13.7. The van der Waals surface area contributed by atoms with E-state index in [1.165, 1.54) is 34.3 Å². The lowest BCUT2D eigenvalue weighted by atomic mass is 9.84. The van der Waals surface area contributed by atoms with Crippen molar-refractivity contribution in [3.8, 4) is 17.2 Å². The van der Waals surface area contributed by atoms with E-state index in [1.54, 1.807) is 0 Å². The summed E-state index contributed by atoms with van der Waals surface area (Å²) in [5.41, 5.74) is -0.452. The molecule has 23 heavy (non-hydrogen) atoms. The molecule has 7 nitrogen and oxygen atoms in total. The summed E-state index contributed by atoms with van der Waals surface area (Å²) in [6.07, 6.45) is -0.272. The number of ketones is 3. The van der Waals surface area contributed by atoms with Gasteiger partial charge in [0.25, 0.3) is 0 Å². The molecule has 7 heteroatoms. The average molecular weight is 320 g/mol. The molecule has 0 spiro atoms. The minimum atomic E-state index is -0.665. The number of ether oxygens (including phenoxy) is 3. The molecule has 1 N–H and O–H groups in total. The van der Waals surface area contributed by atoms with E-state index < -0.39 is 17.3 Å². The summed E-state index contributed by atoms with van der Waals surface area (Å²) in [5.74, 6) is -2.24. The fraction of sp³-hybridized carbons (Fsp3) is 0.312. The van der Waals surface area contributed by atoms with Gasteiger partial charge in [-0.2, -0.15) is 0 Å². The van der Waals surface area contributed by atoms with E-state index in [4.69, 9.17) is 14.2 Å². The van der Waals surface area contributed by atoms with Crippen LogP contribution < -0.4 is 9.47 Å². The van der Waals surface area contributed by atoms with Crippen molar-refractivity contribution in [1.29, 1.82) is 0 Å². The first-order valence-corrected chi connectivity index (χ1v) is 6.71. The quantitative estimate of drug-likeness (QED) is 0.881. The Kier molecular flexibility index (Phi) is 4.40. The highest BCUT2D eigenvalue weighted by molar-refractivity contribution is 6.29. The molecule has 0 atom stereocenters. The van der Waals surface area contributed by atoms with Crippen molar-refractivity contribution in [2.24, 2.45) is 0 Å². The van der Waals surface area contributed by atoms with Crippen LogP contribution in [0.5, 0.6) is 17.2 Å². The van der Waals surface area contributed by atoms with Gasteiger partial charge in [-0.3, -0.25) is 14.4 Å². The van der Waals surface area contributed by atoms with Gasteiger partial charge in [-0.25, -0.2) is 0 Å². The van der Waals surface area contributed by atoms with E-state index in [0.29, 0.717) is 0 Å². The lowest BCUT2D eigenvalue weighted by molar-refractivity contribution is -0.116. The zero-order valence-electron chi connectivity index (χ0n) is 13.2. The molecular formula is C16H16O7. The van der Waals surface area contributed by atoms with Crippen LogP contribution in [0.2, 0.25) is 0 Å². The molecule has 0 radical (unpaired) electrons. The predicted octanol–water partition coefficient (Wildman–Crippen LogP) is 1.67. The van der Waals surface area contributed by atoms with Crippen molar-refractivity contribution in [3.05, 3.63) is 28.5 Å². The Morgan fingerprint density at radius 1 is 1.00 bits per heavy atom. The first-order valence-electron chi connectivity index (χ1n) is 6.71. The van der Waals surface area contributed by atoms with Gasteiger partial charge < -0.3 is 19.3 Å². The summed E-state index contributed by atoms with van der Waals surface area (Å²) in [7, 11) is 3.87. The van der Waals surface area contributed by atoms with Crippen LogP contribution >= 0.6 is 0 Å². The standard InChI is InChI=1S/C16H16O7/c1-7(17)5-8-13(18)12-11(15(20)16(8)23-4)9(21-2)6-10(22-3)14(12)19/h6,19H,5H2,1-4H3. The van der Waals surface area contributed by atoms with Crippen LogP contribution in [0.1, 0.15) is 34.1 Å². The number of aromatic hydroxyl groups is 1. The second kappa shape index (κ2) is 6.12. The van der Waals surface area contributed by atoms with E-state index in [9.17, 15) is 19.5 Å². The van der Waals surface area contributed by atoms with Crippen LogP contribution in [0.4, 0.5) is 0 Å². The first-order chi connectivity index (χ1) is 10.9. The van der Waals surface area contributed by atoms with Gasteiger partial charge in [0, 0.05) is 12.5 Å². The highest BCUT2D eigenvalue weighted by Crippen LogP contribution is 2.44. The minimum Gasteiger partial charge on any atom is -0.504 e. The third-order valence-electron chi connectivity index (χ3n) is 3.51.